The molecular formula is C25H28N3O8PS. The molecule has 11 nitrogen and oxygen atoms in total. The molecule has 1 aromatic heterocycles. The van der Waals surface area contributed by atoms with Crippen molar-refractivity contribution in [3.05, 3.63) is 71.1 Å². The van der Waals surface area contributed by atoms with E-state index in [1.165, 1.54) is 11.3 Å². The van der Waals surface area contributed by atoms with E-state index in [2.05, 4.69) is 20.7 Å². The van der Waals surface area contributed by atoms with E-state index in [1.54, 1.807) is 57.2 Å². The third-order valence-electron chi connectivity index (χ3n) is 4.73. The predicted octanol–water partition coefficient (Wildman–Crippen LogP) is 5.38. The standard InChI is InChI=1S/C25H28N3O8PS/c1-25(2,3)36-24(31)28-19-11-10-18(21-5-4-12-38-21)13-20(19)27-22(29)17-8-6-16(7-9-17)14-26-23(30)35-15-37(32,33)34/h4-13H,14-15H2,1-3H3,(H,26,30)(H,27,29)(H,28,31)(H2,32,33,34). The van der Waals surface area contributed by atoms with Crippen LogP contribution in [0.5, 0.6) is 0 Å². The van der Waals surface area contributed by atoms with Crippen LogP contribution in [0.2, 0.25) is 0 Å². The fourth-order valence-corrected chi connectivity index (χ4v) is 4.11. The van der Waals surface area contributed by atoms with Crippen LogP contribution in [-0.2, 0) is 20.6 Å². The fourth-order valence-electron chi connectivity index (χ4n) is 3.10. The van der Waals surface area contributed by atoms with E-state index in [0.717, 1.165) is 10.4 Å². The number of anilines is 2. The van der Waals surface area contributed by atoms with Gasteiger partial charge < -0.3 is 29.9 Å². The summed E-state index contributed by atoms with van der Waals surface area (Å²) in [4.78, 5) is 55.4. The third kappa shape index (κ3) is 9.31. The molecule has 0 unspecified atom stereocenters. The molecule has 0 radical (unpaired) electrons. The Balaban J connectivity index is 1.71. The van der Waals surface area contributed by atoms with Crippen LogP contribution >= 0.6 is 18.9 Å². The summed E-state index contributed by atoms with van der Waals surface area (Å²) in [6.45, 7) is 5.27. The Kier molecular flexibility index (Phi) is 9.29. The van der Waals surface area contributed by atoms with Crippen LogP contribution in [0, 0.1) is 0 Å². The van der Waals surface area contributed by atoms with E-state index >= 15 is 0 Å². The maximum absolute atomic E-state index is 13.0. The summed E-state index contributed by atoms with van der Waals surface area (Å²) >= 11 is 1.54. The zero-order valence-electron chi connectivity index (χ0n) is 20.9. The average molecular weight is 562 g/mol. The Morgan fingerprint density at radius 3 is 2.26 bits per heavy atom. The zero-order chi connectivity index (χ0) is 27.9. The highest BCUT2D eigenvalue weighted by Crippen LogP contribution is 2.34. The molecule has 0 aliphatic rings. The largest absolute Gasteiger partial charge is 0.444 e. The van der Waals surface area contributed by atoms with Crippen molar-refractivity contribution >= 4 is 48.4 Å². The Morgan fingerprint density at radius 1 is 0.947 bits per heavy atom. The van der Waals surface area contributed by atoms with Crippen molar-refractivity contribution in [1.82, 2.24) is 5.32 Å². The number of rotatable bonds is 8. The number of hydrogen-bond acceptors (Lipinski definition) is 7. The van der Waals surface area contributed by atoms with Crippen LogP contribution in [-0.4, -0.2) is 39.8 Å². The molecule has 0 aliphatic carbocycles. The summed E-state index contributed by atoms with van der Waals surface area (Å²) in [5.41, 5.74) is 1.85. The summed E-state index contributed by atoms with van der Waals surface area (Å²) in [6, 6.07) is 15.5. The second-order valence-electron chi connectivity index (χ2n) is 9.09. The van der Waals surface area contributed by atoms with Crippen LogP contribution in [0.3, 0.4) is 0 Å². The first-order valence-electron chi connectivity index (χ1n) is 11.3. The van der Waals surface area contributed by atoms with Gasteiger partial charge in [-0.05, 0) is 67.6 Å². The molecule has 202 valence electrons. The lowest BCUT2D eigenvalue weighted by atomic mass is 10.1. The molecule has 0 bridgehead atoms. The molecule has 1 heterocycles. The summed E-state index contributed by atoms with van der Waals surface area (Å²) < 4.78 is 20.6. The fraction of sp³-hybridized carbons (Fsp3) is 0.240. The second kappa shape index (κ2) is 12.2. The predicted molar refractivity (Wildman–Crippen MR) is 144 cm³/mol. The van der Waals surface area contributed by atoms with Gasteiger partial charge in [-0.25, -0.2) is 9.59 Å². The van der Waals surface area contributed by atoms with Crippen molar-refractivity contribution in [2.45, 2.75) is 32.9 Å². The lowest BCUT2D eigenvalue weighted by molar-refractivity contribution is 0.0635. The van der Waals surface area contributed by atoms with Gasteiger partial charge in [0.15, 0.2) is 6.35 Å². The Hall–Kier alpha value is -3.70. The SMILES string of the molecule is CC(C)(C)OC(=O)Nc1ccc(-c2cccs2)cc1NC(=O)c1ccc(CNC(=O)OCP(=O)(O)O)cc1. The molecule has 0 fully saturated rings. The molecule has 3 aromatic rings. The van der Waals surface area contributed by atoms with Gasteiger partial charge in [0.2, 0.25) is 0 Å². The Labute approximate surface area is 223 Å². The minimum atomic E-state index is -4.46. The van der Waals surface area contributed by atoms with Crippen LogP contribution in [0.4, 0.5) is 21.0 Å². The Bertz CT molecular complexity index is 1330. The first-order chi connectivity index (χ1) is 17.8. The van der Waals surface area contributed by atoms with Crippen molar-refractivity contribution < 1.29 is 38.2 Å². The zero-order valence-corrected chi connectivity index (χ0v) is 22.6. The topological polar surface area (TPSA) is 163 Å². The molecule has 13 heteroatoms. The van der Waals surface area contributed by atoms with Crippen molar-refractivity contribution in [3.63, 3.8) is 0 Å². The van der Waals surface area contributed by atoms with E-state index in [0.29, 0.717) is 22.5 Å². The number of thiophene rings is 1. The lowest BCUT2D eigenvalue weighted by Gasteiger charge is -2.21. The number of amides is 3. The normalized spacial score (nSPS) is 11.4. The second-order valence-corrected chi connectivity index (χ2v) is 11.6. The molecule has 0 saturated carbocycles. The number of carbonyl (C=O) groups is 3. The van der Waals surface area contributed by atoms with E-state index in [1.807, 2.05) is 23.6 Å². The van der Waals surface area contributed by atoms with Gasteiger partial charge in [-0.3, -0.25) is 14.7 Å². The summed E-state index contributed by atoms with van der Waals surface area (Å²) in [6.07, 6.45) is -2.66. The number of nitrogens with one attached hydrogen (secondary N) is 3. The highest BCUT2D eigenvalue weighted by molar-refractivity contribution is 7.51. The van der Waals surface area contributed by atoms with Crippen molar-refractivity contribution in [2.24, 2.45) is 0 Å². The van der Waals surface area contributed by atoms with E-state index in [4.69, 9.17) is 14.5 Å². The number of ether oxygens (including phenoxy) is 2. The van der Waals surface area contributed by atoms with Crippen LogP contribution in [0.15, 0.2) is 60.0 Å². The highest BCUT2D eigenvalue weighted by atomic mass is 32.1. The maximum atomic E-state index is 13.0. The molecule has 5 N–H and O–H groups in total. The van der Waals surface area contributed by atoms with Crippen molar-refractivity contribution in [1.29, 1.82) is 0 Å². The first kappa shape index (κ1) is 28.9. The summed E-state index contributed by atoms with van der Waals surface area (Å²) in [7, 11) is -4.46. The number of benzene rings is 2. The molecule has 3 amide bonds. The van der Waals surface area contributed by atoms with Crippen LogP contribution < -0.4 is 16.0 Å². The Morgan fingerprint density at radius 2 is 1.66 bits per heavy atom. The summed E-state index contributed by atoms with van der Waals surface area (Å²) in [5, 5.41) is 9.81. The quantitative estimate of drug-likeness (QED) is 0.229. The molecule has 38 heavy (non-hydrogen) atoms. The van der Waals surface area contributed by atoms with Gasteiger partial charge >= 0.3 is 19.8 Å². The minimum Gasteiger partial charge on any atom is -0.444 e. The average Bonchev–Trinajstić information content (AvgIpc) is 3.36. The van der Waals surface area contributed by atoms with Gasteiger partial charge in [0, 0.05) is 17.0 Å². The monoisotopic (exact) mass is 561 g/mol. The van der Waals surface area contributed by atoms with Gasteiger partial charge in [0.1, 0.15) is 5.60 Å². The minimum absolute atomic E-state index is 0.0225. The van der Waals surface area contributed by atoms with Crippen molar-refractivity contribution in [2.75, 3.05) is 17.0 Å². The van der Waals surface area contributed by atoms with E-state index in [9.17, 15) is 18.9 Å². The molecule has 0 aliphatic heterocycles. The van der Waals surface area contributed by atoms with Gasteiger partial charge in [0.25, 0.3) is 5.91 Å². The molecule has 0 saturated heterocycles. The van der Waals surface area contributed by atoms with Gasteiger partial charge in [-0.1, -0.05) is 24.3 Å². The van der Waals surface area contributed by atoms with Crippen LogP contribution in [0.25, 0.3) is 10.4 Å². The third-order valence-corrected chi connectivity index (χ3v) is 6.11. The summed E-state index contributed by atoms with van der Waals surface area (Å²) in [5.74, 6) is -0.430. The van der Waals surface area contributed by atoms with Gasteiger partial charge in [-0.15, -0.1) is 11.3 Å². The smallest absolute Gasteiger partial charge is 0.412 e. The van der Waals surface area contributed by atoms with Gasteiger partial charge in [0.05, 0.1) is 11.4 Å². The molecular weight excluding hydrogens is 533 g/mol. The van der Waals surface area contributed by atoms with E-state index < -0.39 is 37.6 Å². The lowest BCUT2D eigenvalue weighted by Crippen LogP contribution is -2.27. The van der Waals surface area contributed by atoms with Crippen LogP contribution in [0.1, 0.15) is 36.7 Å². The molecule has 0 spiro atoms. The van der Waals surface area contributed by atoms with Crippen molar-refractivity contribution in [3.8, 4) is 10.4 Å². The number of alkyl carbamates (subject to hydrolysis) is 1. The highest BCUT2D eigenvalue weighted by Gasteiger charge is 2.19. The number of hydrogen-bond donors (Lipinski definition) is 5. The number of carbonyl (C=O) groups excluding carboxylic acids is 3. The first-order valence-corrected chi connectivity index (χ1v) is 14.0. The molecule has 2 aromatic carbocycles. The van der Waals surface area contributed by atoms with E-state index in [-0.39, 0.29) is 6.54 Å². The maximum Gasteiger partial charge on any atom is 0.412 e. The molecule has 0 atom stereocenters. The molecule has 3 rings (SSSR count). The van der Waals surface area contributed by atoms with Gasteiger partial charge in [-0.2, -0.15) is 0 Å².